The Hall–Kier alpha value is -0.840. The van der Waals surface area contributed by atoms with Crippen LogP contribution in [0.3, 0.4) is 0 Å². The average molecular weight is 413 g/mol. The number of ether oxygens (including phenoxy) is 1. The maximum atomic E-state index is 6.05. The predicted octanol–water partition coefficient (Wildman–Crippen LogP) is 5.81. The highest BCUT2D eigenvalue weighted by molar-refractivity contribution is 9.10. The molecule has 112 valence electrons. The first-order chi connectivity index (χ1) is 10.1. The van der Waals surface area contributed by atoms with Crippen LogP contribution < -0.4 is 10.1 Å². The zero-order valence-electron chi connectivity index (χ0n) is 12.2. The van der Waals surface area contributed by atoms with E-state index in [1.807, 2.05) is 30.3 Å². The molecule has 2 aromatic rings. The van der Waals surface area contributed by atoms with Gasteiger partial charge in [0.25, 0.3) is 0 Å². The second kappa shape index (κ2) is 7.97. The first-order valence-electron chi connectivity index (χ1n) is 7.03. The van der Waals surface area contributed by atoms with Crippen molar-refractivity contribution in [1.29, 1.82) is 0 Å². The Balaban J connectivity index is 2.19. The third kappa shape index (κ3) is 4.83. The van der Waals surface area contributed by atoms with Gasteiger partial charge >= 0.3 is 0 Å². The van der Waals surface area contributed by atoms with Crippen LogP contribution in [-0.4, -0.2) is 6.54 Å². The van der Waals surface area contributed by atoms with E-state index < -0.39 is 0 Å². The van der Waals surface area contributed by atoms with Crippen LogP contribution in [0.1, 0.15) is 24.5 Å². The summed E-state index contributed by atoms with van der Waals surface area (Å²) in [6.07, 6.45) is 1.12. The van der Waals surface area contributed by atoms with E-state index in [0.717, 1.165) is 51.1 Å². The van der Waals surface area contributed by atoms with E-state index in [4.69, 9.17) is 4.74 Å². The topological polar surface area (TPSA) is 21.3 Å². The molecule has 0 aliphatic rings. The minimum absolute atomic E-state index is 0.804. The molecular weight excluding hydrogens is 394 g/mol. The summed E-state index contributed by atoms with van der Waals surface area (Å²) in [5.74, 6) is 1.75. The summed E-state index contributed by atoms with van der Waals surface area (Å²) in [7, 11) is 0. The lowest BCUT2D eigenvalue weighted by molar-refractivity contribution is 0.472. The van der Waals surface area contributed by atoms with Crippen LogP contribution in [0.4, 0.5) is 0 Å². The lowest BCUT2D eigenvalue weighted by Gasteiger charge is -2.13. The molecular formula is C17H19Br2NO. The molecule has 0 atom stereocenters. The van der Waals surface area contributed by atoms with E-state index in [-0.39, 0.29) is 0 Å². The molecule has 0 aromatic heterocycles. The maximum Gasteiger partial charge on any atom is 0.131 e. The highest BCUT2D eigenvalue weighted by Gasteiger charge is 2.07. The van der Waals surface area contributed by atoms with Crippen molar-refractivity contribution < 1.29 is 4.74 Å². The molecule has 2 rings (SSSR count). The van der Waals surface area contributed by atoms with Gasteiger partial charge in [-0.15, -0.1) is 0 Å². The molecule has 0 heterocycles. The monoisotopic (exact) mass is 411 g/mol. The second-order valence-corrected chi connectivity index (χ2v) is 6.71. The highest BCUT2D eigenvalue weighted by Crippen LogP contribution is 2.30. The standard InChI is InChI=1S/C17H19Br2NO/c1-3-8-20-11-13-10-14(18)4-7-17(13)21-15-5-6-16(19)12(2)9-15/h4-7,9-10,20H,3,8,11H2,1-2H3. The second-order valence-electron chi connectivity index (χ2n) is 4.94. The van der Waals surface area contributed by atoms with Gasteiger partial charge in [-0.3, -0.25) is 0 Å². The largest absolute Gasteiger partial charge is 0.457 e. The van der Waals surface area contributed by atoms with Gasteiger partial charge in [0.15, 0.2) is 0 Å². The van der Waals surface area contributed by atoms with Crippen molar-refractivity contribution in [2.45, 2.75) is 26.8 Å². The quantitative estimate of drug-likeness (QED) is 0.604. The fraction of sp³-hybridized carbons (Fsp3) is 0.294. The molecule has 0 radical (unpaired) electrons. The van der Waals surface area contributed by atoms with E-state index in [1.54, 1.807) is 0 Å². The molecule has 2 aromatic carbocycles. The lowest BCUT2D eigenvalue weighted by atomic mass is 10.2. The summed E-state index contributed by atoms with van der Waals surface area (Å²) in [6, 6.07) is 12.1. The molecule has 1 N–H and O–H groups in total. The Bertz CT molecular complexity index is 614. The molecule has 0 unspecified atom stereocenters. The van der Waals surface area contributed by atoms with Crippen molar-refractivity contribution in [3.05, 3.63) is 56.5 Å². The molecule has 2 nitrogen and oxygen atoms in total. The van der Waals surface area contributed by atoms with Crippen LogP contribution in [0.25, 0.3) is 0 Å². The zero-order valence-corrected chi connectivity index (χ0v) is 15.4. The number of benzene rings is 2. The average Bonchev–Trinajstić information content (AvgIpc) is 2.46. The van der Waals surface area contributed by atoms with Gasteiger partial charge in [0.05, 0.1) is 0 Å². The summed E-state index contributed by atoms with van der Waals surface area (Å²) < 4.78 is 8.21. The fourth-order valence-electron chi connectivity index (χ4n) is 1.99. The fourth-order valence-corrected chi connectivity index (χ4v) is 2.65. The van der Waals surface area contributed by atoms with E-state index in [0.29, 0.717) is 0 Å². The van der Waals surface area contributed by atoms with Gasteiger partial charge in [0.1, 0.15) is 11.5 Å². The number of hydrogen-bond donors (Lipinski definition) is 1. The molecule has 0 saturated carbocycles. The van der Waals surface area contributed by atoms with Crippen molar-refractivity contribution in [2.75, 3.05) is 6.54 Å². The first-order valence-corrected chi connectivity index (χ1v) is 8.62. The van der Waals surface area contributed by atoms with Gasteiger partial charge in [-0.2, -0.15) is 0 Å². The zero-order chi connectivity index (χ0) is 15.2. The van der Waals surface area contributed by atoms with Crippen LogP contribution >= 0.6 is 31.9 Å². The Morgan fingerprint density at radius 3 is 2.62 bits per heavy atom. The van der Waals surface area contributed by atoms with E-state index in [2.05, 4.69) is 57.1 Å². The molecule has 0 bridgehead atoms. The number of aryl methyl sites for hydroxylation is 1. The van der Waals surface area contributed by atoms with Crippen molar-refractivity contribution >= 4 is 31.9 Å². The van der Waals surface area contributed by atoms with Crippen molar-refractivity contribution in [1.82, 2.24) is 5.32 Å². The van der Waals surface area contributed by atoms with Gasteiger partial charge in [-0.05, 0) is 61.9 Å². The van der Waals surface area contributed by atoms with Crippen molar-refractivity contribution in [2.24, 2.45) is 0 Å². The molecule has 0 aliphatic heterocycles. The molecule has 4 heteroatoms. The van der Waals surface area contributed by atoms with Gasteiger partial charge < -0.3 is 10.1 Å². The normalized spacial score (nSPS) is 10.7. The summed E-state index contributed by atoms with van der Waals surface area (Å²) in [5, 5.41) is 3.42. The Morgan fingerprint density at radius 2 is 1.90 bits per heavy atom. The lowest BCUT2D eigenvalue weighted by Crippen LogP contribution is -2.14. The maximum absolute atomic E-state index is 6.05. The van der Waals surface area contributed by atoms with Crippen LogP contribution in [0.15, 0.2) is 45.3 Å². The molecule has 21 heavy (non-hydrogen) atoms. The molecule has 0 aliphatic carbocycles. The smallest absolute Gasteiger partial charge is 0.131 e. The minimum Gasteiger partial charge on any atom is -0.457 e. The Morgan fingerprint density at radius 1 is 1.10 bits per heavy atom. The first kappa shape index (κ1) is 16.5. The molecule has 0 saturated heterocycles. The van der Waals surface area contributed by atoms with Gasteiger partial charge in [0.2, 0.25) is 0 Å². The Labute approximate surface area is 143 Å². The Kier molecular flexibility index (Phi) is 6.27. The number of nitrogens with one attached hydrogen (secondary N) is 1. The molecule has 0 fully saturated rings. The summed E-state index contributed by atoms with van der Waals surface area (Å²) in [4.78, 5) is 0. The predicted molar refractivity (Wildman–Crippen MR) is 95.1 cm³/mol. The number of hydrogen-bond acceptors (Lipinski definition) is 2. The van der Waals surface area contributed by atoms with Crippen LogP contribution in [0.5, 0.6) is 11.5 Å². The number of rotatable bonds is 6. The van der Waals surface area contributed by atoms with Crippen molar-refractivity contribution in [3.8, 4) is 11.5 Å². The van der Waals surface area contributed by atoms with Crippen LogP contribution in [0, 0.1) is 6.92 Å². The summed E-state index contributed by atoms with van der Waals surface area (Å²) in [5.41, 5.74) is 2.31. The van der Waals surface area contributed by atoms with Gasteiger partial charge in [-0.25, -0.2) is 0 Å². The van der Waals surface area contributed by atoms with Gasteiger partial charge in [0, 0.05) is 21.1 Å². The SMILES string of the molecule is CCCNCc1cc(Br)ccc1Oc1ccc(Br)c(C)c1. The minimum atomic E-state index is 0.804. The van der Waals surface area contributed by atoms with Crippen LogP contribution in [0.2, 0.25) is 0 Å². The number of halogens is 2. The third-order valence-corrected chi connectivity index (χ3v) is 4.50. The van der Waals surface area contributed by atoms with E-state index in [9.17, 15) is 0 Å². The molecule has 0 spiro atoms. The molecule has 0 amide bonds. The third-order valence-electron chi connectivity index (χ3n) is 3.12. The van der Waals surface area contributed by atoms with Gasteiger partial charge in [-0.1, -0.05) is 38.8 Å². The highest BCUT2D eigenvalue weighted by atomic mass is 79.9. The van der Waals surface area contributed by atoms with Crippen molar-refractivity contribution in [3.63, 3.8) is 0 Å². The summed E-state index contributed by atoms with van der Waals surface area (Å²) in [6.45, 7) is 6.03. The summed E-state index contributed by atoms with van der Waals surface area (Å²) >= 11 is 7.03. The van der Waals surface area contributed by atoms with E-state index >= 15 is 0 Å². The van der Waals surface area contributed by atoms with E-state index in [1.165, 1.54) is 0 Å². The van der Waals surface area contributed by atoms with Crippen LogP contribution in [-0.2, 0) is 6.54 Å².